The maximum atomic E-state index is 10.5. The fourth-order valence-electron chi connectivity index (χ4n) is 1.30. The molecule has 2 aromatic rings. The van der Waals surface area contributed by atoms with Crippen LogP contribution in [0.15, 0.2) is 30.3 Å². The molecular weight excluding hydrogens is 208 g/mol. The normalized spacial score (nSPS) is 10.1. The third kappa shape index (κ3) is 1.85. The van der Waals surface area contributed by atoms with Gasteiger partial charge in [-0.1, -0.05) is 6.07 Å². The highest BCUT2D eigenvalue weighted by Gasteiger charge is 2.03. The summed E-state index contributed by atoms with van der Waals surface area (Å²) >= 11 is 1.44. The van der Waals surface area contributed by atoms with Crippen LogP contribution in [0, 0.1) is 0 Å². The van der Waals surface area contributed by atoms with Gasteiger partial charge in [0.1, 0.15) is 0 Å². The Morgan fingerprint density at radius 2 is 1.87 bits per heavy atom. The van der Waals surface area contributed by atoms with Gasteiger partial charge in [0.25, 0.3) is 0 Å². The first kappa shape index (κ1) is 9.73. The number of hydrogen-bond acceptors (Lipinski definition) is 4. The first-order chi connectivity index (χ1) is 7.20. The third-order valence-corrected chi connectivity index (χ3v) is 3.17. The van der Waals surface area contributed by atoms with E-state index in [0.717, 1.165) is 16.7 Å². The molecule has 0 aliphatic rings. The maximum Gasteiger partial charge on any atom is 0.160 e. The van der Waals surface area contributed by atoms with E-state index in [-0.39, 0.29) is 0 Å². The predicted octanol–water partition coefficient (Wildman–Crippen LogP) is 2.39. The molecule has 15 heavy (non-hydrogen) atoms. The van der Waals surface area contributed by atoms with Gasteiger partial charge in [-0.2, -0.15) is 0 Å². The highest BCUT2D eigenvalue weighted by Crippen LogP contribution is 2.30. The lowest BCUT2D eigenvalue weighted by molar-refractivity contribution is 0.112. The molecule has 0 bridgehead atoms. The van der Waals surface area contributed by atoms with Crippen molar-refractivity contribution in [2.24, 2.45) is 0 Å². The van der Waals surface area contributed by atoms with Crippen LogP contribution in [0.25, 0.3) is 10.4 Å². The van der Waals surface area contributed by atoms with Crippen molar-refractivity contribution in [1.82, 2.24) is 0 Å². The van der Waals surface area contributed by atoms with Gasteiger partial charge in [-0.15, -0.1) is 11.3 Å². The molecule has 0 amide bonds. The van der Waals surface area contributed by atoms with Crippen molar-refractivity contribution in [3.8, 4) is 10.4 Å². The second-order valence-corrected chi connectivity index (χ2v) is 4.28. The number of benzene rings is 1. The van der Waals surface area contributed by atoms with Crippen LogP contribution in [0.5, 0.6) is 0 Å². The largest absolute Gasteiger partial charge is 0.397 e. The summed E-state index contributed by atoms with van der Waals surface area (Å²) in [6.45, 7) is 0. The lowest BCUT2D eigenvalue weighted by Crippen LogP contribution is -1.93. The number of hydrogen-bond donors (Lipinski definition) is 2. The summed E-state index contributed by atoms with van der Waals surface area (Å²) in [7, 11) is 0. The van der Waals surface area contributed by atoms with E-state index in [1.54, 1.807) is 12.1 Å². The minimum atomic E-state index is 0.563. The van der Waals surface area contributed by atoms with E-state index >= 15 is 0 Å². The predicted molar refractivity (Wildman–Crippen MR) is 64.0 cm³/mol. The number of carbonyl (C=O) groups excluding carboxylic acids is 1. The first-order valence-corrected chi connectivity index (χ1v) is 5.23. The van der Waals surface area contributed by atoms with E-state index in [1.165, 1.54) is 11.3 Å². The van der Waals surface area contributed by atoms with Gasteiger partial charge in [0.05, 0.1) is 16.3 Å². The molecule has 1 heterocycles. The Morgan fingerprint density at radius 1 is 1.07 bits per heavy atom. The van der Waals surface area contributed by atoms with Crippen LogP contribution >= 0.6 is 11.3 Å². The van der Waals surface area contributed by atoms with E-state index < -0.39 is 0 Å². The molecule has 1 aromatic carbocycles. The average molecular weight is 218 g/mol. The fourth-order valence-corrected chi connectivity index (χ4v) is 2.12. The van der Waals surface area contributed by atoms with E-state index in [1.807, 2.05) is 18.2 Å². The smallest absolute Gasteiger partial charge is 0.160 e. The van der Waals surface area contributed by atoms with Crippen molar-refractivity contribution in [1.29, 1.82) is 0 Å². The van der Waals surface area contributed by atoms with E-state index in [9.17, 15) is 4.79 Å². The minimum absolute atomic E-state index is 0.563. The summed E-state index contributed by atoms with van der Waals surface area (Å²) < 4.78 is 0. The molecule has 0 spiro atoms. The molecule has 76 valence electrons. The fraction of sp³-hybridized carbons (Fsp3) is 0. The SMILES string of the molecule is Nc1ccc(-c2ccc(C=O)s2)cc1N. The van der Waals surface area contributed by atoms with E-state index in [4.69, 9.17) is 11.5 Å². The molecule has 0 saturated heterocycles. The number of nitrogen functional groups attached to an aromatic ring is 2. The van der Waals surface area contributed by atoms with Gasteiger partial charge in [-0.3, -0.25) is 4.79 Å². The summed E-state index contributed by atoms with van der Waals surface area (Å²) in [6.07, 6.45) is 0.842. The van der Waals surface area contributed by atoms with Gasteiger partial charge >= 0.3 is 0 Å². The number of nitrogens with two attached hydrogens (primary N) is 2. The monoisotopic (exact) mass is 218 g/mol. The Bertz CT molecular complexity index is 505. The molecule has 0 aliphatic carbocycles. The minimum Gasteiger partial charge on any atom is -0.397 e. The summed E-state index contributed by atoms with van der Waals surface area (Å²) in [5, 5.41) is 0. The molecule has 0 unspecified atom stereocenters. The van der Waals surface area contributed by atoms with Crippen LogP contribution in [0.3, 0.4) is 0 Å². The van der Waals surface area contributed by atoms with Crippen LogP contribution in [0.1, 0.15) is 9.67 Å². The molecule has 4 heteroatoms. The average Bonchev–Trinajstić information content (AvgIpc) is 2.70. The topological polar surface area (TPSA) is 69.1 Å². The van der Waals surface area contributed by atoms with Crippen LogP contribution in [0.4, 0.5) is 11.4 Å². The summed E-state index contributed by atoms with van der Waals surface area (Å²) in [5.74, 6) is 0. The lowest BCUT2D eigenvalue weighted by atomic mass is 10.1. The summed E-state index contributed by atoms with van der Waals surface area (Å²) in [5.41, 5.74) is 13.5. The second-order valence-electron chi connectivity index (χ2n) is 3.16. The Balaban J connectivity index is 2.44. The van der Waals surface area contributed by atoms with Gasteiger partial charge in [0.2, 0.25) is 0 Å². The highest BCUT2D eigenvalue weighted by atomic mass is 32.1. The van der Waals surface area contributed by atoms with Crippen molar-refractivity contribution in [2.45, 2.75) is 0 Å². The van der Waals surface area contributed by atoms with Gasteiger partial charge < -0.3 is 11.5 Å². The molecular formula is C11H10N2OS. The first-order valence-electron chi connectivity index (χ1n) is 4.41. The lowest BCUT2D eigenvalue weighted by Gasteiger charge is -2.02. The number of aldehydes is 1. The van der Waals surface area contributed by atoms with Gasteiger partial charge in [-0.25, -0.2) is 0 Å². The molecule has 0 atom stereocenters. The Morgan fingerprint density at radius 3 is 2.47 bits per heavy atom. The van der Waals surface area contributed by atoms with Gasteiger partial charge in [0.15, 0.2) is 6.29 Å². The zero-order valence-electron chi connectivity index (χ0n) is 7.94. The third-order valence-electron chi connectivity index (χ3n) is 2.11. The second kappa shape index (κ2) is 3.74. The van der Waals surface area contributed by atoms with Crippen molar-refractivity contribution < 1.29 is 4.79 Å². The van der Waals surface area contributed by atoms with E-state index in [2.05, 4.69) is 0 Å². The zero-order chi connectivity index (χ0) is 10.8. The van der Waals surface area contributed by atoms with Gasteiger partial charge in [-0.05, 0) is 29.8 Å². The Labute approximate surface area is 91.3 Å². The van der Waals surface area contributed by atoms with Crippen LogP contribution in [-0.2, 0) is 0 Å². The Hall–Kier alpha value is -1.81. The van der Waals surface area contributed by atoms with Gasteiger partial charge in [0, 0.05) is 4.88 Å². The molecule has 4 N–H and O–H groups in total. The quantitative estimate of drug-likeness (QED) is 0.600. The maximum absolute atomic E-state index is 10.5. The molecule has 0 radical (unpaired) electrons. The standard InChI is InChI=1S/C11H10N2OS/c12-9-3-1-7(5-10(9)13)11-4-2-8(6-14)15-11/h1-6H,12-13H2. The highest BCUT2D eigenvalue weighted by molar-refractivity contribution is 7.17. The Kier molecular flexibility index (Phi) is 2.43. The number of thiophene rings is 1. The molecule has 0 aliphatic heterocycles. The number of rotatable bonds is 2. The molecule has 3 nitrogen and oxygen atoms in total. The van der Waals surface area contributed by atoms with Crippen LogP contribution in [0.2, 0.25) is 0 Å². The van der Waals surface area contributed by atoms with Crippen LogP contribution < -0.4 is 11.5 Å². The number of carbonyl (C=O) groups is 1. The number of anilines is 2. The van der Waals surface area contributed by atoms with Crippen molar-refractivity contribution >= 4 is 29.0 Å². The zero-order valence-corrected chi connectivity index (χ0v) is 8.75. The molecule has 0 fully saturated rings. The van der Waals surface area contributed by atoms with Crippen molar-refractivity contribution in [2.75, 3.05) is 11.5 Å². The summed E-state index contributed by atoms with van der Waals surface area (Å²) in [4.78, 5) is 12.3. The molecule has 1 aromatic heterocycles. The van der Waals surface area contributed by atoms with Crippen molar-refractivity contribution in [3.05, 3.63) is 35.2 Å². The van der Waals surface area contributed by atoms with E-state index in [0.29, 0.717) is 16.3 Å². The molecule has 2 rings (SSSR count). The summed E-state index contributed by atoms with van der Waals surface area (Å²) in [6, 6.07) is 9.17. The van der Waals surface area contributed by atoms with Crippen molar-refractivity contribution in [3.63, 3.8) is 0 Å². The molecule has 0 saturated carbocycles. The van der Waals surface area contributed by atoms with Crippen LogP contribution in [-0.4, -0.2) is 6.29 Å².